The van der Waals surface area contributed by atoms with Crippen molar-refractivity contribution in [3.8, 4) is 23.0 Å². The van der Waals surface area contributed by atoms with Gasteiger partial charge in [0.2, 0.25) is 5.96 Å². The Morgan fingerprint density at radius 2 is 1.84 bits per heavy atom. The summed E-state index contributed by atoms with van der Waals surface area (Å²) >= 11 is 0. The first-order valence-electron chi connectivity index (χ1n) is 9.62. The summed E-state index contributed by atoms with van der Waals surface area (Å²) in [5.41, 5.74) is 1.05. The maximum absolute atomic E-state index is 12.7. The third kappa shape index (κ3) is 4.78. The molecule has 0 unspecified atom stereocenters. The molecule has 11 heteroatoms. The molecule has 2 aromatic carbocycles. The average Bonchev–Trinajstić information content (AvgIpc) is 2.79. The minimum absolute atomic E-state index is 0.0494. The Morgan fingerprint density at radius 1 is 1.06 bits per heavy atom. The summed E-state index contributed by atoms with van der Waals surface area (Å²) in [6.07, 6.45) is 0. The second-order valence-electron chi connectivity index (χ2n) is 6.91. The van der Waals surface area contributed by atoms with Crippen molar-refractivity contribution in [3.63, 3.8) is 0 Å². The molecular weight excluding hydrogens is 424 g/mol. The molecule has 2 heterocycles. The molecule has 0 saturated heterocycles. The number of nitrogens with one attached hydrogen (secondary N) is 2. The smallest absolute Gasteiger partial charge is 0.264 e. The van der Waals surface area contributed by atoms with Crippen LogP contribution in [0.3, 0.4) is 0 Å². The Labute approximate surface area is 180 Å². The molecule has 0 radical (unpaired) electrons. The lowest BCUT2D eigenvalue weighted by Crippen LogP contribution is -2.49. The van der Waals surface area contributed by atoms with Crippen molar-refractivity contribution < 1.29 is 27.4 Å². The number of guanidine groups is 1. The highest BCUT2D eigenvalue weighted by Gasteiger charge is 2.21. The number of aliphatic imine (C=N–C) groups is 1. The second-order valence-corrected chi connectivity index (χ2v) is 8.59. The summed E-state index contributed by atoms with van der Waals surface area (Å²) in [5.74, 6) is 2.45. The summed E-state index contributed by atoms with van der Waals surface area (Å²) in [4.78, 5) is 6.39. The van der Waals surface area contributed by atoms with Crippen LogP contribution in [0.4, 0.5) is 0 Å². The van der Waals surface area contributed by atoms with Crippen molar-refractivity contribution in [2.24, 2.45) is 4.99 Å². The zero-order valence-electron chi connectivity index (χ0n) is 17.3. The van der Waals surface area contributed by atoms with Gasteiger partial charge in [0.05, 0.1) is 32.5 Å². The van der Waals surface area contributed by atoms with Crippen molar-refractivity contribution in [3.05, 3.63) is 42.0 Å². The van der Waals surface area contributed by atoms with Crippen molar-refractivity contribution in [1.82, 2.24) is 14.9 Å². The van der Waals surface area contributed by atoms with E-state index in [1.54, 1.807) is 6.07 Å². The quantitative estimate of drug-likeness (QED) is 0.677. The summed E-state index contributed by atoms with van der Waals surface area (Å²) in [7, 11) is -0.895. The van der Waals surface area contributed by atoms with Crippen LogP contribution < -0.4 is 29.0 Å². The molecule has 2 N–H and O–H groups in total. The van der Waals surface area contributed by atoms with E-state index in [-0.39, 0.29) is 10.9 Å². The van der Waals surface area contributed by atoms with Crippen LogP contribution in [0.2, 0.25) is 0 Å². The molecule has 4 rings (SSSR count). The van der Waals surface area contributed by atoms with E-state index in [2.05, 4.69) is 15.0 Å². The lowest BCUT2D eigenvalue weighted by Gasteiger charge is -2.27. The average molecular weight is 449 g/mol. The lowest BCUT2D eigenvalue weighted by atomic mass is 10.2. The summed E-state index contributed by atoms with van der Waals surface area (Å²) in [5, 5.41) is 3.00. The van der Waals surface area contributed by atoms with Crippen molar-refractivity contribution in [1.29, 1.82) is 0 Å². The first kappa shape index (κ1) is 21.1. The Bertz CT molecular complexity index is 1090. The molecule has 2 aliphatic heterocycles. The number of hydrogen-bond acceptors (Lipinski definition) is 9. The molecule has 0 saturated carbocycles. The summed E-state index contributed by atoms with van der Waals surface area (Å²) < 4.78 is 49.4. The molecule has 0 aliphatic carbocycles. The first-order valence-corrected chi connectivity index (χ1v) is 11.1. The molecule has 0 amide bonds. The molecule has 0 atom stereocenters. The zero-order chi connectivity index (χ0) is 21.8. The fourth-order valence-corrected chi connectivity index (χ4v) is 4.27. The van der Waals surface area contributed by atoms with Crippen LogP contribution in [0.25, 0.3) is 0 Å². The molecule has 0 fully saturated rings. The van der Waals surface area contributed by atoms with Gasteiger partial charge < -0.3 is 24.3 Å². The molecule has 31 heavy (non-hydrogen) atoms. The molecule has 0 bridgehead atoms. The molecule has 10 nitrogen and oxygen atoms in total. The van der Waals surface area contributed by atoms with E-state index in [9.17, 15) is 8.42 Å². The number of rotatable bonds is 6. The minimum Gasteiger partial charge on any atom is -0.493 e. The third-order valence-electron chi connectivity index (χ3n) is 4.81. The van der Waals surface area contributed by atoms with E-state index in [4.69, 9.17) is 18.9 Å². The van der Waals surface area contributed by atoms with Gasteiger partial charge in [-0.3, -0.25) is 4.90 Å². The van der Waals surface area contributed by atoms with E-state index in [0.717, 1.165) is 17.1 Å². The maximum atomic E-state index is 12.7. The summed E-state index contributed by atoms with van der Waals surface area (Å²) in [6.45, 7) is 2.49. The predicted molar refractivity (Wildman–Crippen MR) is 113 cm³/mol. The van der Waals surface area contributed by atoms with E-state index in [0.29, 0.717) is 44.6 Å². The van der Waals surface area contributed by atoms with E-state index < -0.39 is 10.0 Å². The highest BCUT2D eigenvalue weighted by atomic mass is 32.2. The van der Waals surface area contributed by atoms with Gasteiger partial charge in [0.25, 0.3) is 10.0 Å². The Morgan fingerprint density at radius 3 is 2.55 bits per heavy atom. The van der Waals surface area contributed by atoms with Gasteiger partial charge in [-0.15, -0.1) is 0 Å². The van der Waals surface area contributed by atoms with Crippen molar-refractivity contribution in [2.75, 3.05) is 40.8 Å². The van der Waals surface area contributed by atoms with Gasteiger partial charge in [0.1, 0.15) is 13.2 Å². The van der Waals surface area contributed by atoms with Crippen LogP contribution in [-0.2, 0) is 16.6 Å². The monoisotopic (exact) mass is 448 g/mol. The molecular formula is C20H24N4O6S. The number of benzene rings is 2. The number of nitrogens with zero attached hydrogens (tertiary/aromatic N) is 2. The van der Waals surface area contributed by atoms with Gasteiger partial charge >= 0.3 is 0 Å². The lowest BCUT2D eigenvalue weighted by molar-refractivity contribution is 0.171. The van der Waals surface area contributed by atoms with E-state index >= 15 is 0 Å². The normalized spacial score (nSPS) is 16.1. The number of methoxy groups -OCH3 is 2. The minimum atomic E-state index is -3.83. The predicted octanol–water partition coefficient (Wildman–Crippen LogP) is 1.13. The fourth-order valence-electron chi connectivity index (χ4n) is 3.25. The molecule has 2 aliphatic rings. The Kier molecular flexibility index (Phi) is 6.05. The van der Waals surface area contributed by atoms with Crippen molar-refractivity contribution in [2.45, 2.75) is 11.4 Å². The van der Waals surface area contributed by atoms with Crippen LogP contribution >= 0.6 is 0 Å². The number of sulfonamides is 1. The molecule has 2 aromatic rings. The summed E-state index contributed by atoms with van der Waals surface area (Å²) in [6, 6.07) is 10.2. The standard InChI is InChI=1S/C20H24N4O6S/c1-27-16-6-4-15(10-18(16)28-2)31(25,26)23-20-21-12-24(13-22-20)11-14-3-5-17-19(9-14)30-8-7-29-17/h3-6,9-10H,7-8,11-13H2,1-2H3,(H2,21,22,23). The molecule has 166 valence electrons. The number of hydrogen-bond donors (Lipinski definition) is 2. The van der Waals surface area contributed by atoms with Gasteiger partial charge in [0, 0.05) is 12.6 Å². The SMILES string of the molecule is COc1ccc(S(=O)(=O)NC2=NCN(Cc3ccc4c(c3)OCCO4)CN2)cc1OC. The van der Waals surface area contributed by atoms with Crippen molar-refractivity contribution >= 4 is 16.0 Å². The Hall–Kier alpha value is -3.18. The van der Waals surface area contributed by atoms with Gasteiger partial charge in [-0.2, -0.15) is 0 Å². The van der Waals surface area contributed by atoms with E-state index in [1.807, 2.05) is 23.1 Å². The highest BCUT2D eigenvalue weighted by molar-refractivity contribution is 7.90. The first-order chi connectivity index (χ1) is 15.0. The third-order valence-corrected chi connectivity index (χ3v) is 6.14. The fraction of sp³-hybridized carbons (Fsp3) is 0.350. The van der Waals surface area contributed by atoms with Gasteiger partial charge in [-0.05, 0) is 29.8 Å². The number of ether oxygens (including phenoxy) is 4. The molecule has 0 aromatic heterocycles. The number of fused-ring (bicyclic) bond motifs is 1. The van der Waals surface area contributed by atoms with Gasteiger partial charge in [-0.1, -0.05) is 6.07 Å². The van der Waals surface area contributed by atoms with E-state index in [1.165, 1.54) is 26.4 Å². The largest absolute Gasteiger partial charge is 0.493 e. The Balaban J connectivity index is 1.39. The second kappa shape index (κ2) is 8.90. The van der Waals surface area contributed by atoms with Gasteiger partial charge in [-0.25, -0.2) is 18.1 Å². The van der Waals surface area contributed by atoms with Gasteiger partial charge in [0.15, 0.2) is 23.0 Å². The zero-order valence-corrected chi connectivity index (χ0v) is 18.1. The van der Waals surface area contributed by atoms with Crippen LogP contribution in [0.5, 0.6) is 23.0 Å². The van der Waals surface area contributed by atoms with Crippen LogP contribution in [-0.4, -0.2) is 60.0 Å². The van der Waals surface area contributed by atoms with Crippen LogP contribution in [0.1, 0.15) is 5.56 Å². The maximum Gasteiger partial charge on any atom is 0.264 e. The van der Waals surface area contributed by atoms with Crippen LogP contribution in [0.15, 0.2) is 46.3 Å². The molecule has 0 spiro atoms. The topological polar surface area (TPSA) is 111 Å². The highest BCUT2D eigenvalue weighted by Crippen LogP contribution is 2.31. The van der Waals surface area contributed by atoms with Crippen LogP contribution in [0, 0.1) is 0 Å².